The molecule has 1 aromatic carbocycles. The van der Waals surface area contributed by atoms with Crippen molar-refractivity contribution in [3.8, 4) is 5.75 Å². The zero-order chi connectivity index (χ0) is 13.2. The van der Waals surface area contributed by atoms with E-state index in [4.69, 9.17) is 22.1 Å². The van der Waals surface area contributed by atoms with E-state index in [1.54, 1.807) is 19.2 Å². The van der Waals surface area contributed by atoms with Crippen molar-refractivity contribution in [1.82, 2.24) is 0 Å². The number of nitrogens with two attached hydrogens (primary N) is 1. The number of hydrogen-bond donors (Lipinski definition) is 2. The van der Waals surface area contributed by atoms with Gasteiger partial charge in [-0.3, -0.25) is 0 Å². The predicted octanol–water partition coefficient (Wildman–Crippen LogP) is 2.67. The van der Waals surface area contributed by atoms with Crippen molar-refractivity contribution >= 4 is 11.6 Å². The van der Waals surface area contributed by atoms with E-state index < -0.39 is 6.10 Å². The van der Waals surface area contributed by atoms with Crippen molar-refractivity contribution in [2.24, 2.45) is 11.7 Å². The molecule has 1 aromatic rings. The SMILES string of the molecule is COc1c(C)cc(Cl)cc1C(O)C(N)C(C)C. The van der Waals surface area contributed by atoms with E-state index in [1.807, 2.05) is 20.8 Å². The summed E-state index contributed by atoms with van der Waals surface area (Å²) in [7, 11) is 1.58. The molecule has 0 aliphatic rings. The zero-order valence-corrected chi connectivity index (χ0v) is 11.5. The minimum absolute atomic E-state index is 0.175. The van der Waals surface area contributed by atoms with Crippen molar-refractivity contribution in [2.75, 3.05) is 7.11 Å². The number of hydrogen-bond acceptors (Lipinski definition) is 3. The predicted molar refractivity (Wildman–Crippen MR) is 70.5 cm³/mol. The van der Waals surface area contributed by atoms with Gasteiger partial charge in [0.25, 0.3) is 0 Å². The van der Waals surface area contributed by atoms with E-state index >= 15 is 0 Å². The highest BCUT2D eigenvalue weighted by molar-refractivity contribution is 6.30. The molecule has 0 heterocycles. The quantitative estimate of drug-likeness (QED) is 0.872. The standard InChI is InChI=1S/C13H20ClNO2/c1-7(2)11(15)12(16)10-6-9(14)5-8(3)13(10)17-4/h5-7,11-12,16H,15H2,1-4H3. The van der Waals surface area contributed by atoms with Gasteiger partial charge >= 0.3 is 0 Å². The Balaban J connectivity index is 3.20. The molecular weight excluding hydrogens is 238 g/mol. The van der Waals surface area contributed by atoms with Crippen LogP contribution in [-0.2, 0) is 0 Å². The first-order chi connectivity index (χ1) is 7.88. The first-order valence-electron chi connectivity index (χ1n) is 5.66. The minimum Gasteiger partial charge on any atom is -0.496 e. The smallest absolute Gasteiger partial charge is 0.127 e. The van der Waals surface area contributed by atoms with Gasteiger partial charge in [0.1, 0.15) is 5.75 Å². The van der Waals surface area contributed by atoms with Gasteiger partial charge in [-0.2, -0.15) is 0 Å². The van der Waals surface area contributed by atoms with Gasteiger partial charge in [-0.1, -0.05) is 25.4 Å². The molecule has 17 heavy (non-hydrogen) atoms. The van der Waals surface area contributed by atoms with Crippen LogP contribution in [-0.4, -0.2) is 18.3 Å². The monoisotopic (exact) mass is 257 g/mol. The number of aryl methyl sites for hydroxylation is 1. The molecule has 0 saturated carbocycles. The lowest BCUT2D eigenvalue weighted by Crippen LogP contribution is -2.33. The van der Waals surface area contributed by atoms with Crippen molar-refractivity contribution in [3.05, 3.63) is 28.3 Å². The molecule has 0 amide bonds. The summed E-state index contributed by atoms with van der Waals surface area (Å²) < 4.78 is 5.31. The van der Waals surface area contributed by atoms with Crippen LogP contribution in [0, 0.1) is 12.8 Å². The third kappa shape index (κ3) is 3.12. The zero-order valence-electron chi connectivity index (χ0n) is 10.7. The average molecular weight is 258 g/mol. The third-order valence-corrected chi connectivity index (χ3v) is 3.14. The maximum absolute atomic E-state index is 10.3. The molecule has 2 unspecified atom stereocenters. The Bertz CT molecular complexity index is 393. The number of aliphatic hydroxyl groups is 1. The topological polar surface area (TPSA) is 55.5 Å². The van der Waals surface area contributed by atoms with Crippen molar-refractivity contribution in [3.63, 3.8) is 0 Å². The highest BCUT2D eigenvalue weighted by atomic mass is 35.5. The summed E-state index contributed by atoms with van der Waals surface area (Å²) >= 11 is 6.00. The number of ether oxygens (including phenoxy) is 1. The van der Waals surface area contributed by atoms with Crippen LogP contribution < -0.4 is 10.5 Å². The maximum Gasteiger partial charge on any atom is 0.127 e. The number of aliphatic hydroxyl groups excluding tert-OH is 1. The number of halogens is 1. The van der Waals surface area contributed by atoms with Gasteiger partial charge < -0.3 is 15.6 Å². The van der Waals surface area contributed by atoms with Gasteiger partial charge in [0.05, 0.1) is 13.2 Å². The van der Waals surface area contributed by atoms with Crippen LogP contribution in [0.3, 0.4) is 0 Å². The van der Waals surface area contributed by atoms with Gasteiger partial charge in [-0.15, -0.1) is 0 Å². The summed E-state index contributed by atoms with van der Waals surface area (Å²) in [6.07, 6.45) is -0.776. The minimum atomic E-state index is -0.776. The lowest BCUT2D eigenvalue weighted by Gasteiger charge is -2.25. The highest BCUT2D eigenvalue weighted by Crippen LogP contribution is 2.34. The third-order valence-electron chi connectivity index (χ3n) is 2.93. The normalized spacial score (nSPS) is 14.8. The summed E-state index contributed by atoms with van der Waals surface area (Å²) in [6, 6.07) is 3.17. The van der Waals surface area contributed by atoms with Gasteiger partial charge in [-0.25, -0.2) is 0 Å². The lowest BCUT2D eigenvalue weighted by atomic mass is 9.93. The summed E-state index contributed by atoms with van der Waals surface area (Å²) in [4.78, 5) is 0. The summed E-state index contributed by atoms with van der Waals surface area (Å²) in [5, 5.41) is 10.8. The Labute approximate surface area is 108 Å². The molecule has 0 aliphatic heterocycles. The molecule has 0 fully saturated rings. The van der Waals surface area contributed by atoms with Crippen LogP contribution in [0.2, 0.25) is 5.02 Å². The van der Waals surface area contributed by atoms with E-state index in [0.717, 1.165) is 5.56 Å². The van der Waals surface area contributed by atoms with Gasteiger partial charge in [-0.05, 0) is 30.5 Å². The number of methoxy groups -OCH3 is 1. The van der Waals surface area contributed by atoms with Crippen LogP contribution in [0.25, 0.3) is 0 Å². The fourth-order valence-electron chi connectivity index (χ4n) is 1.83. The Morgan fingerprint density at radius 2 is 1.94 bits per heavy atom. The second-order valence-electron chi connectivity index (χ2n) is 4.61. The molecule has 0 radical (unpaired) electrons. The molecular formula is C13H20ClNO2. The van der Waals surface area contributed by atoms with E-state index in [0.29, 0.717) is 16.3 Å². The van der Waals surface area contributed by atoms with Crippen molar-refractivity contribution in [1.29, 1.82) is 0 Å². The number of benzene rings is 1. The van der Waals surface area contributed by atoms with Crippen LogP contribution >= 0.6 is 11.6 Å². The average Bonchev–Trinajstić information content (AvgIpc) is 2.25. The molecule has 0 aromatic heterocycles. The second kappa shape index (κ2) is 5.71. The molecule has 1 rings (SSSR count). The molecule has 3 nitrogen and oxygen atoms in total. The Hall–Kier alpha value is -0.770. The fourth-order valence-corrected chi connectivity index (χ4v) is 2.11. The summed E-state index contributed by atoms with van der Waals surface area (Å²) in [6.45, 7) is 5.83. The van der Waals surface area contributed by atoms with Crippen LogP contribution in [0.4, 0.5) is 0 Å². The molecule has 0 bridgehead atoms. The summed E-state index contributed by atoms with van der Waals surface area (Å²) in [5.41, 5.74) is 7.51. The van der Waals surface area contributed by atoms with E-state index in [-0.39, 0.29) is 12.0 Å². The van der Waals surface area contributed by atoms with E-state index in [9.17, 15) is 5.11 Å². The van der Waals surface area contributed by atoms with Crippen LogP contribution in [0.1, 0.15) is 31.1 Å². The molecule has 0 aliphatic carbocycles. The van der Waals surface area contributed by atoms with E-state index in [1.165, 1.54) is 0 Å². The van der Waals surface area contributed by atoms with E-state index in [2.05, 4.69) is 0 Å². The van der Waals surface area contributed by atoms with Gasteiger partial charge in [0.2, 0.25) is 0 Å². The largest absolute Gasteiger partial charge is 0.496 e. The molecule has 96 valence electrons. The van der Waals surface area contributed by atoms with Crippen LogP contribution in [0.5, 0.6) is 5.75 Å². The first-order valence-corrected chi connectivity index (χ1v) is 6.04. The fraction of sp³-hybridized carbons (Fsp3) is 0.538. The Morgan fingerprint density at radius 1 is 1.35 bits per heavy atom. The van der Waals surface area contributed by atoms with Crippen molar-refractivity contribution < 1.29 is 9.84 Å². The number of rotatable bonds is 4. The van der Waals surface area contributed by atoms with Gasteiger partial charge in [0.15, 0.2) is 0 Å². The van der Waals surface area contributed by atoms with Gasteiger partial charge in [0, 0.05) is 16.6 Å². The Kier molecular flexibility index (Phi) is 4.80. The lowest BCUT2D eigenvalue weighted by molar-refractivity contribution is 0.122. The molecule has 4 heteroatoms. The van der Waals surface area contributed by atoms with Crippen molar-refractivity contribution in [2.45, 2.75) is 32.9 Å². The Morgan fingerprint density at radius 3 is 2.41 bits per heavy atom. The molecule has 3 N–H and O–H groups in total. The summed E-state index contributed by atoms with van der Waals surface area (Å²) in [5.74, 6) is 0.826. The molecule has 2 atom stereocenters. The maximum atomic E-state index is 10.3. The first kappa shape index (κ1) is 14.3. The highest BCUT2D eigenvalue weighted by Gasteiger charge is 2.24. The molecule has 0 saturated heterocycles. The second-order valence-corrected chi connectivity index (χ2v) is 5.05. The van der Waals surface area contributed by atoms with Crippen LogP contribution in [0.15, 0.2) is 12.1 Å². The molecule has 0 spiro atoms.